The number of rotatable bonds is 6. The molecule has 1 fully saturated rings. The van der Waals surface area contributed by atoms with Crippen LogP contribution < -0.4 is 15.5 Å². The second-order valence-corrected chi connectivity index (χ2v) is 7.92. The van der Waals surface area contributed by atoms with Crippen LogP contribution in [0.25, 0.3) is 11.4 Å². The van der Waals surface area contributed by atoms with Crippen LogP contribution in [0.15, 0.2) is 24.3 Å². The van der Waals surface area contributed by atoms with Gasteiger partial charge in [0.05, 0.1) is 38.1 Å². The van der Waals surface area contributed by atoms with Crippen molar-refractivity contribution in [3.8, 4) is 11.4 Å². The van der Waals surface area contributed by atoms with Crippen LogP contribution in [0.5, 0.6) is 0 Å². The summed E-state index contributed by atoms with van der Waals surface area (Å²) in [6.45, 7) is 5.36. The normalized spacial score (nSPS) is 18.1. The van der Waals surface area contributed by atoms with E-state index in [1.165, 1.54) is 0 Å². The molecular weight excluding hydrogens is 412 g/mol. The fourth-order valence-corrected chi connectivity index (χ4v) is 3.98. The molecule has 1 aromatic heterocycles. The second-order valence-electron chi connectivity index (χ2n) is 7.92. The van der Waals surface area contributed by atoms with E-state index in [0.29, 0.717) is 37.8 Å². The molecule has 0 radical (unpaired) electrons. The summed E-state index contributed by atoms with van der Waals surface area (Å²) in [6, 6.07) is 7.10. The molecule has 32 heavy (non-hydrogen) atoms. The monoisotopic (exact) mass is 440 g/mol. The zero-order chi connectivity index (χ0) is 22.5. The van der Waals surface area contributed by atoms with Crippen molar-refractivity contribution >= 4 is 23.9 Å². The number of urea groups is 1. The molecule has 170 valence electrons. The van der Waals surface area contributed by atoms with Crippen molar-refractivity contribution in [2.45, 2.75) is 25.9 Å². The predicted molar refractivity (Wildman–Crippen MR) is 119 cm³/mol. The number of carbonyl (C=O) groups is 2. The Morgan fingerprint density at radius 1 is 1.28 bits per heavy atom. The van der Waals surface area contributed by atoms with Gasteiger partial charge in [0.2, 0.25) is 6.41 Å². The van der Waals surface area contributed by atoms with Gasteiger partial charge in [-0.05, 0) is 37.6 Å². The molecule has 10 nitrogen and oxygen atoms in total. The van der Waals surface area contributed by atoms with Gasteiger partial charge in [0.15, 0.2) is 5.82 Å². The molecule has 1 saturated heterocycles. The van der Waals surface area contributed by atoms with Gasteiger partial charge >= 0.3 is 6.03 Å². The Hall–Kier alpha value is -3.24. The van der Waals surface area contributed by atoms with Gasteiger partial charge in [0.25, 0.3) is 0 Å². The zero-order valence-electron chi connectivity index (χ0n) is 18.1. The molecule has 3 heterocycles. The van der Waals surface area contributed by atoms with Crippen molar-refractivity contribution in [1.82, 2.24) is 20.2 Å². The topological polar surface area (TPSA) is 120 Å². The van der Waals surface area contributed by atoms with Gasteiger partial charge in [-0.3, -0.25) is 4.79 Å². The molecule has 0 saturated carbocycles. The minimum absolute atomic E-state index is 0.117. The maximum atomic E-state index is 11.8. The Balaban J connectivity index is 1.64. The van der Waals surface area contributed by atoms with Crippen LogP contribution in [0.3, 0.4) is 0 Å². The highest BCUT2D eigenvalue weighted by atomic mass is 16.5. The third-order valence-electron chi connectivity index (χ3n) is 5.66. The first-order chi connectivity index (χ1) is 15.6. The summed E-state index contributed by atoms with van der Waals surface area (Å²) in [5.41, 5.74) is 3.41. The highest BCUT2D eigenvalue weighted by Gasteiger charge is 2.28. The number of aromatic nitrogens is 2. The molecule has 0 aliphatic carbocycles. The SMILES string of the molecule is C[C@H]1COCCN1c1nc(-c2ccc(NC(=O)NCCO)cc2)nc2c1CCN(C=O)C2. The number of ether oxygens (including phenoxy) is 1. The number of benzene rings is 1. The lowest BCUT2D eigenvalue weighted by Gasteiger charge is -2.37. The van der Waals surface area contributed by atoms with Crippen LogP contribution in [0.1, 0.15) is 18.2 Å². The molecule has 0 spiro atoms. The molecule has 4 rings (SSSR count). The molecule has 1 aromatic carbocycles. The minimum Gasteiger partial charge on any atom is -0.395 e. The number of nitrogens with zero attached hydrogens (tertiary/aromatic N) is 4. The van der Waals surface area contributed by atoms with E-state index >= 15 is 0 Å². The van der Waals surface area contributed by atoms with Crippen LogP contribution in [-0.2, 0) is 22.5 Å². The number of anilines is 2. The van der Waals surface area contributed by atoms with E-state index < -0.39 is 0 Å². The predicted octanol–water partition coefficient (Wildman–Crippen LogP) is 0.997. The van der Waals surface area contributed by atoms with Crippen molar-refractivity contribution < 1.29 is 19.4 Å². The van der Waals surface area contributed by atoms with Crippen LogP contribution >= 0.6 is 0 Å². The number of amides is 3. The van der Waals surface area contributed by atoms with E-state index in [2.05, 4.69) is 22.5 Å². The van der Waals surface area contributed by atoms with Gasteiger partial charge in [-0.1, -0.05) is 0 Å². The molecule has 2 aromatic rings. The Morgan fingerprint density at radius 2 is 2.09 bits per heavy atom. The lowest BCUT2D eigenvalue weighted by Crippen LogP contribution is -2.45. The molecule has 2 aliphatic rings. The van der Waals surface area contributed by atoms with Gasteiger partial charge in [-0.15, -0.1) is 0 Å². The van der Waals surface area contributed by atoms with E-state index in [9.17, 15) is 9.59 Å². The summed E-state index contributed by atoms with van der Waals surface area (Å²) in [5, 5.41) is 14.1. The summed E-state index contributed by atoms with van der Waals surface area (Å²) < 4.78 is 5.60. The first-order valence-corrected chi connectivity index (χ1v) is 10.8. The highest BCUT2D eigenvalue weighted by molar-refractivity contribution is 5.89. The van der Waals surface area contributed by atoms with Crippen LogP contribution in [0.2, 0.25) is 0 Å². The molecule has 0 bridgehead atoms. The summed E-state index contributed by atoms with van der Waals surface area (Å²) in [5.74, 6) is 1.50. The quantitative estimate of drug-likeness (QED) is 0.573. The smallest absolute Gasteiger partial charge is 0.319 e. The van der Waals surface area contributed by atoms with Crippen molar-refractivity contribution in [3.05, 3.63) is 35.5 Å². The number of morpholine rings is 1. The number of aliphatic hydroxyl groups excluding tert-OH is 1. The summed E-state index contributed by atoms with van der Waals surface area (Å²) >= 11 is 0. The number of aliphatic hydroxyl groups is 1. The number of nitrogens with one attached hydrogen (secondary N) is 2. The second kappa shape index (κ2) is 9.92. The fraction of sp³-hybridized carbons (Fsp3) is 0.455. The minimum atomic E-state index is -0.380. The molecule has 10 heteroatoms. The Labute approximate surface area is 186 Å². The van der Waals surface area contributed by atoms with Gasteiger partial charge in [0, 0.05) is 36.4 Å². The lowest BCUT2D eigenvalue weighted by molar-refractivity contribution is -0.119. The van der Waals surface area contributed by atoms with Gasteiger partial charge in [-0.25, -0.2) is 14.8 Å². The van der Waals surface area contributed by atoms with Crippen molar-refractivity contribution in [3.63, 3.8) is 0 Å². The molecule has 1 atom stereocenters. The maximum Gasteiger partial charge on any atom is 0.319 e. The van der Waals surface area contributed by atoms with Crippen LogP contribution in [0, 0.1) is 0 Å². The fourth-order valence-electron chi connectivity index (χ4n) is 3.98. The van der Waals surface area contributed by atoms with E-state index in [1.54, 1.807) is 17.0 Å². The molecule has 0 unspecified atom stereocenters. The van der Waals surface area contributed by atoms with E-state index in [-0.39, 0.29) is 25.2 Å². The molecule has 2 aliphatic heterocycles. The Bertz CT molecular complexity index is 968. The van der Waals surface area contributed by atoms with Crippen LogP contribution in [-0.4, -0.2) is 77.9 Å². The zero-order valence-corrected chi connectivity index (χ0v) is 18.1. The van der Waals surface area contributed by atoms with Crippen molar-refractivity contribution in [2.24, 2.45) is 0 Å². The van der Waals surface area contributed by atoms with E-state index in [1.807, 2.05) is 12.1 Å². The van der Waals surface area contributed by atoms with Crippen molar-refractivity contribution in [2.75, 3.05) is 49.7 Å². The number of carbonyl (C=O) groups excluding carboxylic acids is 2. The first-order valence-electron chi connectivity index (χ1n) is 10.8. The average Bonchev–Trinajstić information content (AvgIpc) is 2.82. The Kier molecular flexibility index (Phi) is 6.81. The number of hydrogen-bond donors (Lipinski definition) is 3. The van der Waals surface area contributed by atoms with E-state index in [0.717, 1.165) is 42.0 Å². The third-order valence-corrected chi connectivity index (χ3v) is 5.66. The van der Waals surface area contributed by atoms with Crippen LogP contribution in [0.4, 0.5) is 16.3 Å². The van der Waals surface area contributed by atoms with Crippen molar-refractivity contribution in [1.29, 1.82) is 0 Å². The summed E-state index contributed by atoms with van der Waals surface area (Å²) in [7, 11) is 0. The number of fused-ring (bicyclic) bond motifs is 1. The molecule has 3 amide bonds. The first kappa shape index (κ1) is 22.0. The molecule has 3 N–H and O–H groups in total. The van der Waals surface area contributed by atoms with Gasteiger partial charge in [-0.2, -0.15) is 0 Å². The molecular formula is C22H28N6O4. The largest absolute Gasteiger partial charge is 0.395 e. The highest BCUT2D eigenvalue weighted by Crippen LogP contribution is 2.31. The summed E-state index contributed by atoms with van der Waals surface area (Å²) in [4.78, 5) is 36.9. The van der Waals surface area contributed by atoms with Gasteiger partial charge < -0.3 is 30.3 Å². The van der Waals surface area contributed by atoms with Gasteiger partial charge in [0.1, 0.15) is 5.82 Å². The Morgan fingerprint density at radius 3 is 2.81 bits per heavy atom. The van der Waals surface area contributed by atoms with E-state index in [4.69, 9.17) is 19.8 Å². The maximum absolute atomic E-state index is 11.8. The average molecular weight is 441 g/mol. The third kappa shape index (κ3) is 4.81. The summed E-state index contributed by atoms with van der Waals surface area (Å²) in [6.07, 6.45) is 1.59. The standard InChI is InChI=1S/C22H28N6O4/c1-15-13-32-11-9-28(15)21-18-6-8-27(14-30)12-19(18)25-20(26-21)16-2-4-17(5-3-16)24-22(31)23-7-10-29/h2-5,14-15,29H,6-13H2,1H3,(H2,23,24,31)/t15-/m0/s1. The lowest BCUT2D eigenvalue weighted by atomic mass is 10.0. The number of hydrogen-bond acceptors (Lipinski definition) is 7.